The molecule has 0 aromatic heterocycles. The second-order valence-corrected chi connectivity index (χ2v) is 1.30. The van der Waals surface area contributed by atoms with Crippen molar-refractivity contribution >= 4 is 5.97 Å². The van der Waals surface area contributed by atoms with E-state index >= 15 is 0 Å². The molecule has 2 nitrogen and oxygen atoms in total. The van der Waals surface area contributed by atoms with Gasteiger partial charge in [-0.1, -0.05) is 6.53 Å². The van der Waals surface area contributed by atoms with Crippen LogP contribution in [0.3, 0.4) is 0 Å². The van der Waals surface area contributed by atoms with Gasteiger partial charge in [0, 0.05) is 0 Å². The van der Waals surface area contributed by atoms with E-state index in [0.29, 0.717) is 0 Å². The number of halogens is 4. The second kappa shape index (κ2) is 3.36. The smallest absolute Gasteiger partial charge is 0.422 e. The summed E-state index contributed by atoms with van der Waals surface area (Å²) >= 11 is 0. The van der Waals surface area contributed by atoms with E-state index in [1.54, 1.807) is 0 Å². The van der Waals surface area contributed by atoms with Crippen molar-refractivity contribution < 1.29 is 32.6 Å². The molecule has 0 atom stereocenters. The third-order valence-corrected chi connectivity index (χ3v) is 0.439. The maximum atomic E-state index is 12.3. The van der Waals surface area contributed by atoms with E-state index in [-0.39, 0.29) is 0 Å². The average Bonchev–Trinajstić information content (AvgIpc) is 1.99. The lowest BCUT2D eigenvalue weighted by molar-refractivity contribution is -0.184. The fourth-order valence-corrected chi connectivity index (χ4v) is 0.149. The third-order valence-electron chi connectivity index (χ3n) is 0.439. The molecule has 0 aliphatic heterocycles. The zero-order chi connectivity index (χ0) is 12.4. The highest BCUT2D eigenvalue weighted by Crippen LogP contribution is 2.15. The van der Waals surface area contributed by atoms with Gasteiger partial charge in [-0.05, 0) is 0 Å². The van der Waals surface area contributed by atoms with Crippen LogP contribution in [-0.4, -0.2) is 18.7 Å². The molecule has 0 aromatic rings. The molecule has 0 fully saturated rings. The highest BCUT2D eigenvalue weighted by Gasteiger charge is 2.29. The number of carbonyl (C=O) groups is 1. The number of carbonyl (C=O) groups excluding carboxylic acids is 1. The summed E-state index contributed by atoms with van der Waals surface area (Å²) in [4.78, 5) is 10.4. The van der Waals surface area contributed by atoms with Gasteiger partial charge < -0.3 is 4.74 Å². The van der Waals surface area contributed by atoms with Gasteiger partial charge in [-0.25, -0.2) is 4.79 Å². The van der Waals surface area contributed by atoms with Crippen molar-refractivity contribution in [2.24, 2.45) is 0 Å². The summed E-state index contributed by atoms with van der Waals surface area (Å²) in [6.45, 7) is -6.06. The van der Waals surface area contributed by atoms with Crippen molar-refractivity contribution in [3.63, 3.8) is 0 Å². The van der Waals surface area contributed by atoms with E-state index in [2.05, 4.69) is 4.74 Å². The van der Waals surface area contributed by atoms with Gasteiger partial charge in [0.1, 0.15) is 0 Å². The Hall–Kier alpha value is -1.07. The Kier molecular flexibility index (Phi) is 1.45. The third kappa shape index (κ3) is 5.38. The Morgan fingerprint density at radius 1 is 1.73 bits per heavy atom. The molecule has 11 heavy (non-hydrogen) atoms. The Balaban J connectivity index is 4.78. The molecule has 0 saturated carbocycles. The van der Waals surface area contributed by atoms with Gasteiger partial charge in [0.2, 0.25) is 5.83 Å². The molecule has 0 N–H and O–H groups in total. The summed E-state index contributed by atoms with van der Waals surface area (Å²) in [5.41, 5.74) is 0. The predicted octanol–water partition coefficient (Wildman–Crippen LogP) is 1.58. The molecule has 0 spiro atoms. The minimum Gasteiger partial charge on any atom is -0.451 e. The summed E-state index contributed by atoms with van der Waals surface area (Å²) < 4.78 is 75.7. The minimum absolute atomic E-state index is 1.70. The number of hydrogen-bond donors (Lipinski definition) is 0. The molecular weight excluding hydrogens is 168 g/mol. The van der Waals surface area contributed by atoms with Crippen LogP contribution in [0.15, 0.2) is 12.4 Å². The fourth-order valence-electron chi connectivity index (χ4n) is 0.149. The molecule has 0 saturated heterocycles. The SMILES string of the molecule is [2H]C([2H])=C(F)C(=O)OC([2H])([2H])C(F)(F)F. The first-order valence-electron chi connectivity index (χ1n) is 4.12. The van der Waals surface area contributed by atoms with Crippen LogP contribution in [0.1, 0.15) is 5.48 Å². The van der Waals surface area contributed by atoms with Gasteiger partial charge in [0.15, 0.2) is 6.56 Å². The molecule has 0 aliphatic carbocycles. The first-order chi connectivity index (χ1) is 6.49. The van der Waals surface area contributed by atoms with Crippen LogP contribution >= 0.6 is 0 Å². The largest absolute Gasteiger partial charge is 0.451 e. The number of hydrogen-bond acceptors (Lipinski definition) is 2. The summed E-state index contributed by atoms with van der Waals surface area (Å²) in [6.07, 6.45) is -5.52. The van der Waals surface area contributed by atoms with Crippen LogP contribution in [0.25, 0.3) is 0 Å². The number of alkyl halides is 3. The Labute approximate surface area is 65.1 Å². The Morgan fingerprint density at radius 2 is 2.27 bits per heavy atom. The summed E-state index contributed by atoms with van der Waals surface area (Å²) in [6, 6.07) is 0. The van der Waals surface area contributed by atoms with Gasteiger partial charge in [-0.3, -0.25) is 0 Å². The summed E-state index contributed by atoms with van der Waals surface area (Å²) in [7, 11) is 0. The summed E-state index contributed by atoms with van der Waals surface area (Å²) in [5.74, 6) is -4.56. The van der Waals surface area contributed by atoms with Crippen LogP contribution in [0.5, 0.6) is 0 Å². The van der Waals surface area contributed by atoms with Crippen molar-refractivity contribution in [2.75, 3.05) is 6.56 Å². The molecular formula is C5H4F4O2. The highest BCUT2D eigenvalue weighted by molar-refractivity contribution is 5.85. The molecule has 0 aliphatic rings. The maximum Gasteiger partial charge on any atom is 0.422 e. The van der Waals surface area contributed by atoms with Crippen LogP contribution in [0.2, 0.25) is 0 Å². The monoisotopic (exact) mass is 176 g/mol. The number of ether oxygens (including phenoxy) is 1. The molecule has 0 aromatic carbocycles. The van der Waals surface area contributed by atoms with Gasteiger partial charge in [-0.15, -0.1) is 0 Å². The van der Waals surface area contributed by atoms with E-state index in [4.69, 9.17) is 5.48 Å². The fraction of sp³-hybridized carbons (Fsp3) is 0.400. The normalized spacial score (nSPS) is 17.1. The van der Waals surface area contributed by atoms with Crippen molar-refractivity contribution in [2.45, 2.75) is 6.18 Å². The lowest BCUT2D eigenvalue weighted by atomic mass is 10.6. The number of esters is 1. The van der Waals surface area contributed by atoms with Crippen LogP contribution in [0, 0.1) is 0 Å². The lowest BCUT2D eigenvalue weighted by Gasteiger charge is -2.05. The molecule has 0 radical (unpaired) electrons. The lowest BCUT2D eigenvalue weighted by Crippen LogP contribution is -2.20. The van der Waals surface area contributed by atoms with Crippen molar-refractivity contribution in [3.8, 4) is 0 Å². The van der Waals surface area contributed by atoms with Crippen LogP contribution in [0.4, 0.5) is 17.6 Å². The topological polar surface area (TPSA) is 26.3 Å². The Morgan fingerprint density at radius 3 is 2.64 bits per heavy atom. The maximum absolute atomic E-state index is 12.3. The minimum atomic E-state index is -5.52. The molecule has 6 heteroatoms. The quantitative estimate of drug-likeness (QED) is 0.362. The molecule has 64 valence electrons. The van der Waals surface area contributed by atoms with Crippen LogP contribution in [-0.2, 0) is 9.53 Å². The molecule has 0 bridgehead atoms. The molecule has 0 heterocycles. The van der Waals surface area contributed by atoms with Gasteiger partial charge in [-0.2, -0.15) is 17.6 Å². The van der Waals surface area contributed by atoms with Crippen molar-refractivity contribution in [1.82, 2.24) is 0 Å². The average molecular weight is 176 g/mol. The molecule has 0 rings (SSSR count). The zero-order valence-electron chi connectivity index (χ0n) is 8.83. The molecule has 0 unspecified atom stereocenters. The molecule has 0 amide bonds. The Bertz CT molecular complexity index is 294. The van der Waals surface area contributed by atoms with Gasteiger partial charge in [0.05, 0.1) is 5.48 Å². The van der Waals surface area contributed by atoms with E-state index in [9.17, 15) is 22.4 Å². The first-order valence-corrected chi connectivity index (χ1v) is 2.12. The summed E-state index contributed by atoms with van der Waals surface area (Å²) in [5, 5.41) is 0. The van der Waals surface area contributed by atoms with Crippen LogP contribution < -0.4 is 0 Å². The van der Waals surface area contributed by atoms with E-state index in [0.717, 1.165) is 0 Å². The van der Waals surface area contributed by atoms with Crippen molar-refractivity contribution in [3.05, 3.63) is 12.4 Å². The van der Waals surface area contributed by atoms with E-state index in [1.165, 1.54) is 0 Å². The number of rotatable bonds is 2. The highest BCUT2D eigenvalue weighted by atomic mass is 19.4. The second-order valence-electron chi connectivity index (χ2n) is 1.30. The van der Waals surface area contributed by atoms with E-state index < -0.39 is 31.1 Å². The van der Waals surface area contributed by atoms with E-state index in [1.807, 2.05) is 0 Å². The standard InChI is InChI=1S/C5H4F4O2/c1-3(6)4(10)11-2-5(7,8)9/h1-2H2/i1D2,2D2. The zero-order valence-corrected chi connectivity index (χ0v) is 4.83. The predicted molar refractivity (Wildman–Crippen MR) is 27.3 cm³/mol. The first kappa shape index (κ1) is 4.74. The van der Waals surface area contributed by atoms with Gasteiger partial charge in [0.25, 0.3) is 0 Å². The van der Waals surface area contributed by atoms with Gasteiger partial charge >= 0.3 is 12.1 Å². The van der Waals surface area contributed by atoms with Crippen molar-refractivity contribution in [1.29, 1.82) is 0 Å².